The number of nitrogens with one attached hydrogen (secondary N) is 1. The Morgan fingerprint density at radius 3 is 2.69 bits per heavy atom. The van der Waals surface area contributed by atoms with Crippen molar-refractivity contribution in [1.29, 1.82) is 0 Å². The summed E-state index contributed by atoms with van der Waals surface area (Å²) < 4.78 is 14.7. The molecule has 4 aromatic carbocycles. The average Bonchev–Trinajstić information content (AvgIpc) is 3.25. The molecule has 0 amide bonds. The number of fused-ring (bicyclic) bond motifs is 2. The fourth-order valence-electron chi connectivity index (χ4n) is 4.17. The number of ether oxygens (including phenoxy) is 2. The van der Waals surface area contributed by atoms with Crippen LogP contribution in [0.5, 0.6) is 11.5 Å². The van der Waals surface area contributed by atoms with Crippen molar-refractivity contribution in [3.8, 4) is 11.5 Å². The second-order valence-corrected chi connectivity index (χ2v) is 8.85. The maximum absolute atomic E-state index is 6.20. The third kappa shape index (κ3) is 4.72. The van der Waals surface area contributed by atoms with Crippen molar-refractivity contribution in [3.05, 3.63) is 94.5 Å². The summed E-state index contributed by atoms with van der Waals surface area (Å²) in [4.78, 5) is 4.64. The highest BCUT2D eigenvalue weighted by Crippen LogP contribution is 2.37. The van der Waals surface area contributed by atoms with Crippen LogP contribution in [0.15, 0.2) is 88.4 Å². The van der Waals surface area contributed by atoms with E-state index in [0.717, 1.165) is 33.2 Å². The normalized spacial score (nSPS) is 11.4. The molecule has 0 aliphatic heterocycles. The van der Waals surface area contributed by atoms with Crippen molar-refractivity contribution < 1.29 is 9.47 Å². The minimum Gasteiger partial charge on any atom is -0.493 e. The molecule has 0 aliphatic carbocycles. The van der Waals surface area contributed by atoms with Gasteiger partial charge in [-0.3, -0.25) is 0 Å². The molecule has 0 saturated carbocycles. The molecule has 0 unspecified atom stereocenters. The van der Waals surface area contributed by atoms with Gasteiger partial charge in [-0.25, -0.2) is 10.4 Å². The summed E-state index contributed by atoms with van der Waals surface area (Å²) in [6.07, 6.45) is 1.74. The molecule has 0 atom stereocenters. The highest BCUT2D eigenvalue weighted by atomic mass is 79.9. The lowest BCUT2D eigenvalue weighted by molar-refractivity contribution is 0.283. The standard InChI is InChI=1S/C28H25BrN4O2/c1-3-33-25-14-7-6-13-24(25)31-28(33)32-30-17-19-15-23(29)27(26(16-19)34-2)35-18-21-11-8-10-20-9-4-5-12-22(20)21/h4-17H,3,18H2,1-2H3,(H,31,32)/b30-17-. The third-order valence-electron chi connectivity index (χ3n) is 5.85. The van der Waals surface area contributed by atoms with E-state index in [-0.39, 0.29) is 0 Å². The predicted molar refractivity (Wildman–Crippen MR) is 146 cm³/mol. The molecule has 0 spiro atoms. The summed E-state index contributed by atoms with van der Waals surface area (Å²) in [5.74, 6) is 1.98. The van der Waals surface area contributed by atoms with Crippen molar-refractivity contribution in [2.75, 3.05) is 12.5 Å². The smallest absolute Gasteiger partial charge is 0.224 e. The first-order chi connectivity index (χ1) is 17.2. The molecule has 176 valence electrons. The topological polar surface area (TPSA) is 60.7 Å². The summed E-state index contributed by atoms with van der Waals surface area (Å²) in [5, 5.41) is 6.78. The Morgan fingerprint density at radius 2 is 1.83 bits per heavy atom. The summed E-state index contributed by atoms with van der Waals surface area (Å²) in [6, 6.07) is 26.4. The molecule has 1 aromatic heterocycles. The van der Waals surface area contributed by atoms with Crippen LogP contribution in [0.1, 0.15) is 18.1 Å². The summed E-state index contributed by atoms with van der Waals surface area (Å²) in [6.45, 7) is 3.31. The Hall–Kier alpha value is -3.84. The lowest BCUT2D eigenvalue weighted by atomic mass is 10.1. The highest BCUT2D eigenvalue weighted by Gasteiger charge is 2.13. The van der Waals surface area contributed by atoms with Gasteiger partial charge in [-0.05, 0) is 69.0 Å². The molecule has 7 heteroatoms. The number of rotatable bonds is 8. The fourth-order valence-corrected chi connectivity index (χ4v) is 4.74. The Bertz CT molecular complexity index is 1520. The number of para-hydroxylation sites is 2. The first kappa shape index (κ1) is 22.9. The SMILES string of the molecule is CCn1c(N/N=C\c2cc(Br)c(OCc3cccc4ccccc34)c(OC)c2)nc2ccccc21. The first-order valence-electron chi connectivity index (χ1n) is 11.4. The maximum Gasteiger partial charge on any atom is 0.224 e. The minimum absolute atomic E-state index is 0.429. The lowest BCUT2D eigenvalue weighted by Crippen LogP contribution is -2.02. The van der Waals surface area contributed by atoms with Gasteiger partial charge in [0.25, 0.3) is 0 Å². The van der Waals surface area contributed by atoms with Crippen LogP contribution in [0.3, 0.4) is 0 Å². The number of aryl methyl sites for hydroxylation is 1. The van der Waals surface area contributed by atoms with Gasteiger partial charge in [0.2, 0.25) is 5.95 Å². The van der Waals surface area contributed by atoms with Crippen molar-refractivity contribution in [2.45, 2.75) is 20.1 Å². The quantitative estimate of drug-likeness (QED) is 0.174. The number of methoxy groups -OCH3 is 1. The lowest BCUT2D eigenvalue weighted by Gasteiger charge is -2.14. The van der Waals surface area contributed by atoms with Crippen molar-refractivity contribution in [1.82, 2.24) is 9.55 Å². The second kappa shape index (κ2) is 10.2. The molecular formula is C28H25BrN4O2. The van der Waals surface area contributed by atoms with E-state index in [9.17, 15) is 0 Å². The van der Waals surface area contributed by atoms with Crippen LogP contribution in [0.25, 0.3) is 21.8 Å². The van der Waals surface area contributed by atoms with Gasteiger partial charge in [-0.2, -0.15) is 5.10 Å². The van der Waals surface area contributed by atoms with Gasteiger partial charge >= 0.3 is 0 Å². The summed E-state index contributed by atoms with van der Waals surface area (Å²) in [7, 11) is 1.63. The average molecular weight is 529 g/mol. The van der Waals surface area contributed by atoms with E-state index in [1.54, 1.807) is 13.3 Å². The summed E-state index contributed by atoms with van der Waals surface area (Å²) in [5.41, 5.74) is 7.06. The molecule has 0 aliphatic rings. The van der Waals surface area contributed by atoms with Crippen molar-refractivity contribution in [3.63, 3.8) is 0 Å². The van der Waals surface area contributed by atoms with Crippen LogP contribution in [0.4, 0.5) is 5.95 Å². The number of hydrazone groups is 1. The van der Waals surface area contributed by atoms with Gasteiger partial charge in [-0.1, -0.05) is 54.6 Å². The molecule has 1 N–H and O–H groups in total. The Balaban J connectivity index is 1.35. The first-order valence-corrected chi connectivity index (χ1v) is 12.2. The highest BCUT2D eigenvalue weighted by molar-refractivity contribution is 9.10. The molecule has 35 heavy (non-hydrogen) atoms. The zero-order chi connectivity index (χ0) is 24.2. The number of aromatic nitrogens is 2. The van der Waals surface area contributed by atoms with E-state index in [2.05, 4.69) is 73.3 Å². The van der Waals surface area contributed by atoms with Crippen LogP contribution in [-0.4, -0.2) is 22.9 Å². The minimum atomic E-state index is 0.429. The maximum atomic E-state index is 6.20. The number of nitrogens with zero attached hydrogens (tertiary/aromatic N) is 3. The number of hydrogen-bond donors (Lipinski definition) is 1. The third-order valence-corrected chi connectivity index (χ3v) is 6.44. The van der Waals surface area contributed by atoms with Crippen LogP contribution < -0.4 is 14.9 Å². The van der Waals surface area contributed by atoms with Gasteiger partial charge in [-0.15, -0.1) is 0 Å². The predicted octanol–water partition coefficient (Wildman–Crippen LogP) is 7.01. The molecular weight excluding hydrogens is 504 g/mol. The van der Waals surface area contributed by atoms with Gasteiger partial charge in [0.05, 0.1) is 28.8 Å². The molecule has 0 saturated heterocycles. The van der Waals surface area contributed by atoms with Crippen LogP contribution in [0.2, 0.25) is 0 Å². The number of anilines is 1. The van der Waals surface area contributed by atoms with E-state index in [0.29, 0.717) is 24.1 Å². The molecule has 0 fully saturated rings. The van der Waals surface area contributed by atoms with E-state index >= 15 is 0 Å². The van der Waals surface area contributed by atoms with Crippen molar-refractivity contribution in [2.24, 2.45) is 5.10 Å². The molecule has 1 heterocycles. The van der Waals surface area contributed by atoms with Gasteiger partial charge in [0, 0.05) is 6.54 Å². The monoisotopic (exact) mass is 528 g/mol. The Labute approximate surface area is 212 Å². The number of hydrogen-bond acceptors (Lipinski definition) is 5. The zero-order valence-electron chi connectivity index (χ0n) is 19.5. The molecule has 0 bridgehead atoms. The van der Waals surface area contributed by atoms with Crippen LogP contribution in [0, 0.1) is 0 Å². The Morgan fingerprint density at radius 1 is 1.03 bits per heavy atom. The largest absolute Gasteiger partial charge is 0.493 e. The summed E-state index contributed by atoms with van der Waals surface area (Å²) >= 11 is 3.64. The van der Waals surface area contributed by atoms with Gasteiger partial charge in [0.15, 0.2) is 11.5 Å². The van der Waals surface area contributed by atoms with E-state index < -0.39 is 0 Å². The number of halogens is 1. The molecule has 6 nitrogen and oxygen atoms in total. The number of imidazole rings is 1. The molecule has 5 rings (SSSR count). The zero-order valence-corrected chi connectivity index (χ0v) is 21.1. The number of benzene rings is 4. The van der Waals surface area contributed by atoms with Crippen molar-refractivity contribution >= 4 is 49.9 Å². The molecule has 0 radical (unpaired) electrons. The molecule has 5 aromatic rings. The van der Waals surface area contributed by atoms with E-state index in [4.69, 9.17) is 9.47 Å². The van der Waals surface area contributed by atoms with E-state index in [1.165, 1.54) is 10.8 Å². The van der Waals surface area contributed by atoms with Crippen LogP contribution in [-0.2, 0) is 13.2 Å². The van der Waals surface area contributed by atoms with Crippen LogP contribution >= 0.6 is 15.9 Å². The van der Waals surface area contributed by atoms with Gasteiger partial charge in [0.1, 0.15) is 6.61 Å². The fraction of sp³-hybridized carbons (Fsp3) is 0.143. The Kier molecular flexibility index (Phi) is 6.68. The van der Waals surface area contributed by atoms with E-state index in [1.807, 2.05) is 48.5 Å². The second-order valence-electron chi connectivity index (χ2n) is 8.00. The van der Waals surface area contributed by atoms with Gasteiger partial charge < -0.3 is 14.0 Å².